The number of aliphatic carboxylic acids is 1. The number of nitrogens with zero attached hydrogens (tertiary/aromatic N) is 3. The number of ether oxygens (including phenoxy) is 4. The molecule has 16 heteroatoms. The van der Waals surface area contributed by atoms with Crippen molar-refractivity contribution >= 4 is 35.5 Å². The van der Waals surface area contributed by atoms with Crippen LogP contribution in [0.3, 0.4) is 0 Å². The lowest BCUT2D eigenvalue weighted by molar-refractivity contribution is -0.447. The highest BCUT2D eigenvalue weighted by molar-refractivity contribution is 7.94. The van der Waals surface area contributed by atoms with Gasteiger partial charge in [-0.2, -0.15) is 5.11 Å². The molecule has 0 saturated heterocycles. The van der Waals surface area contributed by atoms with Gasteiger partial charge in [0.1, 0.15) is 23.9 Å². The van der Waals surface area contributed by atoms with Crippen LogP contribution in [-0.4, -0.2) is 74.4 Å². The van der Waals surface area contributed by atoms with Crippen LogP contribution < -0.4 is 19.5 Å². The number of carboxylic acids is 1. The molecule has 2 N–H and O–H groups in total. The predicted octanol–water partition coefficient (Wildman–Crippen LogP) is 8.60. The number of benzene rings is 3. The minimum atomic E-state index is -0.917. The number of carbonyl (C=O) groups excluding carboxylic acids is 2. The number of pyridine rings is 1. The van der Waals surface area contributed by atoms with Crippen molar-refractivity contribution in [3.63, 3.8) is 0 Å². The Morgan fingerprint density at radius 3 is 2.39 bits per heavy atom. The van der Waals surface area contributed by atoms with E-state index in [4.69, 9.17) is 23.3 Å². The van der Waals surface area contributed by atoms with Crippen LogP contribution in [0.2, 0.25) is 0 Å². The highest BCUT2D eigenvalue weighted by Crippen LogP contribution is 2.33. The van der Waals surface area contributed by atoms with Gasteiger partial charge in [-0.15, -0.1) is 16.0 Å². The minimum absolute atomic E-state index is 0.0750. The molecule has 15 nitrogen and oxygen atoms in total. The molecular weight excluding hydrogens is 805 g/mol. The number of aromatic nitrogens is 1. The van der Waals surface area contributed by atoms with Gasteiger partial charge in [-0.05, 0) is 98.5 Å². The number of rotatable bonds is 28. The van der Waals surface area contributed by atoms with Crippen LogP contribution in [0.15, 0.2) is 101 Å². The number of Topliss-reactive ketones (excluding diaryl/α,β-unsaturated/α-hetero) is 1. The SMILES string of the molecule is C=CCc1c(OCCCCCOc2cccc(OCCOCCNC(=O)c3ccc(N=NCc4ccccc4SOOOC)nc3)c2CCC(=O)O)ccc2c1CCCC2=O. The average molecular weight is 857 g/mol. The molecule has 0 fully saturated rings. The number of fused-ring (bicyclic) bond motifs is 1. The third-order valence-electron chi connectivity index (χ3n) is 9.48. The van der Waals surface area contributed by atoms with Crippen LogP contribution >= 0.6 is 12.0 Å². The third kappa shape index (κ3) is 15.1. The molecule has 0 unspecified atom stereocenters. The fourth-order valence-electron chi connectivity index (χ4n) is 6.53. The molecule has 0 aliphatic heterocycles. The van der Waals surface area contributed by atoms with Gasteiger partial charge in [0.25, 0.3) is 5.91 Å². The molecule has 1 heterocycles. The lowest BCUT2D eigenvalue weighted by atomic mass is 9.86. The summed E-state index contributed by atoms with van der Waals surface area (Å²) in [5, 5.41) is 25.0. The second kappa shape index (κ2) is 25.9. The number of nitrogens with one attached hydrogen (secondary N) is 1. The monoisotopic (exact) mass is 856 g/mol. The normalized spacial score (nSPS) is 12.2. The fourth-order valence-corrected chi connectivity index (χ4v) is 7.06. The highest BCUT2D eigenvalue weighted by Gasteiger charge is 2.22. The van der Waals surface area contributed by atoms with Crippen molar-refractivity contribution in [3.8, 4) is 17.2 Å². The van der Waals surface area contributed by atoms with E-state index in [1.165, 1.54) is 13.3 Å². The molecule has 0 radical (unpaired) electrons. The molecule has 0 spiro atoms. The van der Waals surface area contributed by atoms with E-state index in [1.807, 2.05) is 54.6 Å². The smallest absolute Gasteiger partial charge is 0.303 e. The second-order valence-electron chi connectivity index (χ2n) is 13.7. The van der Waals surface area contributed by atoms with Gasteiger partial charge in [-0.1, -0.05) is 35.4 Å². The van der Waals surface area contributed by atoms with E-state index >= 15 is 0 Å². The largest absolute Gasteiger partial charge is 0.493 e. The fraction of sp³-hybridized carbons (Fsp3) is 0.378. The standard InChI is InChI=1S/C45H52N4O11S/c1-3-11-36-34-13-9-14-38(50)35(34)19-21-41(36)57-26-8-4-7-25-56-39-15-10-16-40(37(39)20-23-44(51)52)58-29-28-55-27-24-46-45(53)33-18-22-43(47-30-33)49-48-31-32-12-5-6-17-42(32)61-60-59-54-2/h3,5-6,10,12,15-19,21-22,30H,1,4,7-9,11,13-14,20,23-29,31H2,2H3,(H,46,53)(H,51,52). The first-order chi connectivity index (χ1) is 29.9. The number of ketones is 1. The Bertz CT molecular complexity index is 2080. The Morgan fingerprint density at radius 1 is 0.885 bits per heavy atom. The van der Waals surface area contributed by atoms with Crippen molar-refractivity contribution < 1.29 is 52.7 Å². The summed E-state index contributed by atoms with van der Waals surface area (Å²) < 4.78 is 28.8. The summed E-state index contributed by atoms with van der Waals surface area (Å²) in [4.78, 5) is 45.9. The average Bonchev–Trinajstić information content (AvgIpc) is 3.26. The lowest BCUT2D eigenvalue weighted by Gasteiger charge is -2.21. The Hall–Kier alpha value is -5.65. The lowest BCUT2D eigenvalue weighted by Crippen LogP contribution is -2.27. The van der Waals surface area contributed by atoms with Gasteiger partial charge in [-0.3, -0.25) is 14.4 Å². The molecule has 1 aliphatic rings. The Morgan fingerprint density at radius 2 is 1.66 bits per heavy atom. The molecule has 0 bridgehead atoms. The van der Waals surface area contributed by atoms with Gasteiger partial charge < -0.3 is 29.4 Å². The zero-order valence-electron chi connectivity index (χ0n) is 34.3. The molecule has 3 aromatic carbocycles. The Balaban J connectivity index is 0.987. The van der Waals surface area contributed by atoms with Gasteiger partial charge in [-0.25, -0.2) is 9.87 Å². The van der Waals surface area contributed by atoms with Crippen molar-refractivity contribution in [3.05, 3.63) is 119 Å². The molecular formula is C45H52N4O11S. The van der Waals surface area contributed by atoms with E-state index in [9.17, 15) is 19.5 Å². The minimum Gasteiger partial charge on any atom is -0.493 e. The number of azo groups is 1. The zero-order chi connectivity index (χ0) is 43.1. The highest BCUT2D eigenvalue weighted by atomic mass is 32.2. The van der Waals surface area contributed by atoms with Crippen molar-refractivity contribution in [2.24, 2.45) is 10.2 Å². The van der Waals surface area contributed by atoms with Crippen LogP contribution in [0.1, 0.15) is 81.5 Å². The van der Waals surface area contributed by atoms with Crippen LogP contribution in [0.5, 0.6) is 17.2 Å². The van der Waals surface area contributed by atoms with Gasteiger partial charge in [0, 0.05) is 47.2 Å². The predicted molar refractivity (Wildman–Crippen MR) is 227 cm³/mol. The second-order valence-corrected chi connectivity index (χ2v) is 14.5. The van der Waals surface area contributed by atoms with E-state index in [2.05, 4.69) is 37.0 Å². The molecule has 5 rings (SSSR count). The Labute approximate surface area is 359 Å². The van der Waals surface area contributed by atoms with E-state index in [0.29, 0.717) is 54.5 Å². The first kappa shape index (κ1) is 46.4. The summed E-state index contributed by atoms with van der Waals surface area (Å²) in [5.41, 5.74) is 4.88. The Kier molecular flexibility index (Phi) is 19.7. The summed E-state index contributed by atoms with van der Waals surface area (Å²) >= 11 is 0.990. The molecule has 1 aromatic heterocycles. The molecule has 1 amide bonds. The summed E-state index contributed by atoms with van der Waals surface area (Å²) in [5.74, 6) is 1.26. The van der Waals surface area contributed by atoms with Gasteiger partial charge in [0.2, 0.25) is 0 Å². The van der Waals surface area contributed by atoms with Crippen molar-refractivity contribution in [1.29, 1.82) is 0 Å². The molecule has 1 aliphatic carbocycles. The molecule has 4 aromatic rings. The van der Waals surface area contributed by atoms with Crippen LogP contribution in [0, 0.1) is 0 Å². The molecule has 0 saturated carbocycles. The maximum Gasteiger partial charge on any atom is 0.303 e. The van der Waals surface area contributed by atoms with Crippen molar-refractivity contribution in [1.82, 2.24) is 10.3 Å². The number of allylic oxidation sites excluding steroid dienone is 1. The van der Waals surface area contributed by atoms with Crippen molar-refractivity contribution in [2.45, 2.75) is 69.2 Å². The van der Waals surface area contributed by atoms with E-state index < -0.39 is 5.97 Å². The maximum absolute atomic E-state index is 12.6. The summed E-state index contributed by atoms with van der Waals surface area (Å²) in [6, 6.07) is 19.9. The van der Waals surface area contributed by atoms with E-state index in [0.717, 1.165) is 77.0 Å². The van der Waals surface area contributed by atoms with Crippen molar-refractivity contribution in [2.75, 3.05) is 46.7 Å². The molecule has 61 heavy (non-hydrogen) atoms. The summed E-state index contributed by atoms with van der Waals surface area (Å²) in [7, 11) is 1.34. The number of amides is 1. The number of hydrogen-bond donors (Lipinski definition) is 2. The summed E-state index contributed by atoms with van der Waals surface area (Å²) in [6.45, 7) is 6.14. The number of carboxylic acid groups (broad SMARTS) is 1. The first-order valence-electron chi connectivity index (χ1n) is 20.2. The van der Waals surface area contributed by atoms with Crippen LogP contribution in [0.4, 0.5) is 5.82 Å². The van der Waals surface area contributed by atoms with Gasteiger partial charge >= 0.3 is 5.97 Å². The number of unbranched alkanes of at least 4 members (excludes halogenated alkanes) is 2. The molecule has 0 atom stereocenters. The third-order valence-corrected chi connectivity index (χ3v) is 10.2. The van der Waals surface area contributed by atoms with E-state index in [-0.39, 0.29) is 57.4 Å². The maximum atomic E-state index is 12.6. The first-order valence-corrected chi connectivity index (χ1v) is 20.9. The van der Waals surface area contributed by atoms with E-state index in [1.54, 1.807) is 18.2 Å². The van der Waals surface area contributed by atoms with Gasteiger partial charge in [0.15, 0.2) is 11.6 Å². The van der Waals surface area contributed by atoms with Crippen LogP contribution in [0.25, 0.3) is 0 Å². The van der Waals surface area contributed by atoms with Crippen LogP contribution in [-0.2, 0) is 49.6 Å². The topological polar surface area (TPSA) is 186 Å². The number of hydrogen-bond acceptors (Lipinski definition) is 14. The molecule has 324 valence electrons. The summed E-state index contributed by atoms with van der Waals surface area (Å²) in [6.07, 6.45) is 8.92. The van der Waals surface area contributed by atoms with Gasteiger partial charge in [0.05, 0.1) is 57.7 Å². The zero-order valence-corrected chi connectivity index (χ0v) is 35.1. The number of carbonyl (C=O) groups is 3. The quantitative estimate of drug-likeness (QED) is 0.0138.